The van der Waals surface area contributed by atoms with Crippen LogP contribution in [0.5, 0.6) is 0 Å². The predicted molar refractivity (Wildman–Crippen MR) is 99.6 cm³/mol. The Morgan fingerprint density at radius 3 is 2.32 bits per heavy atom. The van der Waals surface area contributed by atoms with E-state index in [4.69, 9.17) is 11.6 Å². The summed E-state index contributed by atoms with van der Waals surface area (Å²) in [7, 11) is 1.74. The van der Waals surface area contributed by atoms with E-state index in [0.717, 1.165) is 17.1 Å². The van der Waals surface area contributed by atoms with Crippen LogP contribution in [0.4, 0.5) is 5.69 Å². The van der Waals surface area contributed by atoms with Gasteiger partial charge in [0.25, 0.3) is 5.91 Å². The van der Waals surface area contributed by atoms with Gasteiger partial charge in [-0.1, -0.05) is 48.9 Å². The second-order valence-corrected chi connectivity index (χ2v) is 6.50. The molecule has 0 radical (unpaired) electrons. The van der Waals surface area contributed by atoms with Gasteiger partial charge in [0.05, 0.1) is 11.4 Å². The van der Waals surface area contributed by atoms with Crippen molar-refractivity contribution in [3.05, 3.63) is 71.0 Å². The second-order valence-electron chi connectivity index (χ2n) is 6.07. The summed E-state index contributed by atoms with van der Waals surface area (Å²) in [5.41, 5.74) is 2.76. The van der Waals surface area contributed by atoms with Gasteiger partial charge in [-0.05, 0) is 42.3 Å². The van der Waals surface area contributed by atoms with Crippen LogP contribution >= 0.6 is 11.6 Å². The SMILES string of the molecule is CC(C)c1c(C(=O)N(C)c2ccccc2)nnn1-c1ccc(Cl)cc1. The van der Waals surface area contributed by atoms with Crippen molar-refractivity contribution in [1.82, 2.24) is 15.0 Å². The van der Waals surface area contributed by atoms with E-state index in [2.05, 4.69) is 10.3 Å². The number of benzene rings is 2. The maximum Gasteiger partial charge on any atom is 0.280 e. The number of para-hydroxylation sites is 1. The molecule has 0 aliphatic carbocycles. The molecular formula is C19H19ClN4O. The van der Waals surface area contributed by atoms with Crippen LogP contribution in [0.2, 0.25) is 5.02 Å². The predicted octanol–water partition coefficient (Wildman–Crippen LogP) is 4.32. The van der Waals surface area contributed by atoms with Crippen LogP contribution in [-0.2, 0) is 0 Å². The fourth-order valence-corrected chi connectivity index (χ4v) is 2.79. The van der Waals surface area contributed by atoms with Gasteiger partial charge in [0.2, 0.25) is 0 Å². The van der Waals surface area contributed by atoms with E-state index in [-0.39, 0.29) is 11.8 Å². The largest absolute Gasteiger partial charge is 0.310 e. The van der Waals surface area contributed by atoms with Gasteiger partial charge in [-0.3, -0.25) is 4.79 Å². The second kappa shape index (κ2) is 7.07. The van der Waals surface area contributed by atoms with Crippen molar-refractivity contribution in [1.29, 1.82) is 0 Å². The topological polar surface area (TPSA) is 51.0 Å². The smallest absolute Gasteiger partial charge is 0.280 e. The molecule has 0 fully saturated rings. The lowest BCUT2D eigenvalue weighted by Gasteiger charge is -2.17. The highest BCUT2D eigenvalue weighted by Crippen LogP contribution is 2.24. The number of carbonyl (C=O) groups excluding carboxylic acids is 1. The van der Waals surface area contributed by atoms with Gasteiger partial charge in [0.15, 0.2) is 5.69 Å². The van der Waals surface area contributed by atoms with E-state index < -0.39 is 0 Å². The third-order valence-electron chi connectivity index (χ3n) is 3.97. The number of hydrogen-bond acceptors (Lipinski definition) is 3. The van der Waals surface area contributed by atoms with Crippen LogP contribution in [0.25, 0.3) is 5.69 Å². The number of aromatic nitrogens is 3. The number of amides is 1. The minimum atomic E-state index is -0.185. The Balaban J connectivity index is 2.02. The fourth-order valence-electron chi connectivity index (χ4n) is 2.66. The summed E-state index contributed by atoms with van der Waals surface area (Å²) in [6.45, 7) is 4.04. The summed E-state index contributed by atoms with van der Waals surface area (Å²) < 4.78 is 1.70. The van der Waals surface area contributed by atoms with Crippen molar-refractivity contribution in [3.63, 3.8) is 0 Å². The van der Waals surface area contributed by atoms with E-state index in [1.807, 2.05) is 56.3 Å². The number of rotatable bonds is 4. The van der Waals surface area contributed by atoms with Gasteiger partial charge in [0.1, 0.15) is 0 Å². The lowest BCUT2D eigenvalue weighted by Crippen LogP contribution is -2.28. The minimum absolute atomic E-state index is 0.0776. The Labute approximate surface area is 151 Å². The van der Waals surface area contributed by atoms with E-state index in [0.29, 0.717) is 10.7 Å². The molecule has 0 unspecified atom stereocenters. The summed E-state index contributed by atoms with van der Waals surface area (Å²) in [5, 5.41) is 9.03. The molecule has 3 aromatic rings. The molecule has 1 heterocycles. The quantitative estimate of drug-likeness (QED) is 0.701. The Morgan fingerprint density at radius 2 is 1.72 bits per heavy atom. The van der Waals surface area contributed by atoms with Gasteiger partial charge < -0.3 is 4.90 Å². The molecule has 0 spiro atoms. The first kappa shape index (κ1) is 17.2. The zero-order chi connectivity index (χ0) is 18.0. The highest BCUT2D eigenvalue weighted by atomic mass is 35.5. The summed E-state index contributed by atoms with van der Waals surface area (Å²) in [6, 6.07) is 16.8. The molecule has 2 aromatic carbocycles. The van der Waals surface area contributed by atoms with E-state index in [1.54, 1.807) is 28.8 Å². The van der Waals surface area contributed by atoms with Crippen LogP contribution < -0.4 is 4.90 Å². The Bertz CT molecular complexity index is 872. The van der Waals surface area contributed by atoms with Crippen molar-refractivity contribution in [3.8, 4) is 5.69 Å². The summed E-state index contributed by atoms with van der Waals surface area (Å²) in [5.74, 6) is -0.107. The molecule has 0 saturated carbocycles. The molecule has 1 aromatic heterocycles. The van der Waals surface area contributed by atoms with Crippen LogP contribution in [0.3, 0.4) is 0 Å². The average Bonchev–Trinajstić information content (AvgIpc) is 3.07. The van der Waals surface area contributed by atoms with E-state index in [1.165, 1.54) is 0 Å². The molecule has 25 heavy (non-hydrogen) atoms. The van der Waals surface area contributed by atoms with Crippen molar-refractivity contribution >= 4 is 23.2 Å². The van der Waals surface area contributed by atoms with Crippen molar-refractivity contribution in [2.45, 2.75) is 19.8 Å². The first-order valence-electron chi connectivity index (χ1n) is 8.03. The molecule has 1 amide bonds. The first-order valence-corrected chi connectivity index (χ1v) is 8.41. The first-order chi connectivity index (χ1) is 12.0. The van der Waals surface area contributed by atoms with Crippen LogP contribution in [-0.4, -0.2) is 27.9 Å². The Hall–Kier alpha value is -2.66. The summed E-state index contributed by atoms with van der Waals surface area (Å²) in [4.78, 5) is 14.5. The number of hydrogen-bond donors (Lipinski definition) is 0. The maximum atomic E-state index is 13.0. The van der Waals surface area contributed by atoms with Gasteiger partial charge in [-0.25, -0.2) is 4.68 Å². The molecule has 128 valence electrons. The molecule has 0 aliphatic heterocycles. The molecule has 6 heteroatoms. The fraction of sp³-hybridized carbons (Fsp3) is 0.211. The van der Waals surface area contributed by atoms with Crippen molar-refractivity contribution < 1.29 is 4.79 Å². The van der Waals surface area contributed by atoms with Gasteiger partial charge in [0, 0.05) is 17.8 Å². The Morgan fingerprint density at radius 1 is 1.08 bits per heavy atom. The van der Waals surface area contributed by atoms with E-state index in [9.17, 15) is 4.79 Å². The zero-order valence-corrected chi connectivity index (χ0v) is 15.1. The molecule has 0 aliphatic rings. The summed E-state index contributed by atoms with van der Waals surface area (Å²) in [6.07, 6.45) is 0. The van der Waals surface area contributed by atoms with Gasteiger partial charge in [-0.2, -0.15) is 0 Å². The molecule has 0 saturated heterocycles. The zero-order valence-electron chi connectivity index (χ0n) is 14.3. The molecule has 5 nitrogen and oxygen atoms in total. The van der Waals surface area contributed by atoms with Crippen molar-refractivity contribution in [2.24, 2.45) is 0 Å². The number of halogens is 1. The third kappa shape index (κ3) is 3.42. The number of anilines is 1. The minimum Gasteiger partial charge on any atom is -0.310 e. The van der Waals surface area contributed by atoms with Gasteiger partial charge in [-0.15, -0.1) is 5.10 Å². The summed E-state index contributed by atoms with van der Waals surface area (Å²) >= 11 is 5.96. The van der Waals surface area contributed by atoms with Crippen LogP contribution in [0, 0.1) is 0 Å². The lowest BCUT2D eigenvalue weighted by molar-refractivity contribution is 0.0987. The van der Waals surface area contributed by atoms with Gasteiger partial charge >= 0.3 is 0 Å². The van der Waals surface area contributed by atoms with E-state index >= 15 is 0 Å². The molecule has 0 atom stereocenters. The lowest BCUT2D eigenvalue weighted by atomic mass is 10.1. The Kier molecular flexibility index (Phi) is 4.86. The highest BCUT2D eigenvalue weighted by Gasteiger charge is 2.25. The number of carbonyl (C=O) groups is 1. The standard InChI is InChI=1S/C19H19ClN4O/c1-13(2)18-17(19(25)23(3)15-7-5-4-6-8-15)21-22-24(18)16-11-9-14(20)10-12-16/h4-13H,1-3H3. The maximum absolute atomic E-state index is 13.0. The number of nitrogens with zero attached hydrogens (tertiary/aromatic N) is 4. The molecule has 0 N–H and O–H groups in total. The molecular weight excluding hydrogens is 336 g/mol. The average molecular weight is 355 g/mol. The normalized spacial score (nSPS) is 10.9. The third-order valence-corrected chi connectivity index (χ3v) is 4.23. The molecule has 3 rings (SSSR count). The molecule has 0 bridgehead atoms. The monoisotopic (exact) mass is 354 g/mol. The highest BCUT2D eigenvalue weighted by molar-refractivity contribution is 6.30. The van der Waals surface area contributed by atoms with Crippen LogP contribution in [0.15, 0.2) is 54.6 Å². The van der Waals surface area contributed by atoms with Crippen molar-refractivity contribution in [2.75, 3.05) is 11.9 Å². The van der Waals surface area contributed by atoms with Crippen LogP contribution in [0.1, 0.15) is 35.9 Å².